The number of imide groups is 1. The summed E-state index contributed by atoms with van der Waals surface area (Å²) in [6.45, 7) is 2.69. The van der Waals surface area contributed by atoms with Crippen LogP contribution in [-0.2, 0) is 4.79 Å². The van der Waals surface area contributed by atoms with Gasteiger partial charge < -0.3 is 9.88 Å². The van der Waals surface area contributed by atoms with Crippen molar-refractivity contribution >= 4 is 28.5 Å². The molecule has 2 N–H and O–H groups in total. The first kappa shape index (κ1) is 15.2. The Hall–Kier alpha value is -2.34. The molecule has 126 valence electrons. The van der Waals surface area contributed by atoms with Crippen LogP contribution in [0.3, 0.4) is 0 Å². The molecule has 0 bridgehead atoms. The Morgan fingerprint density at radius 1 is 1.08 bits per heavy atom. The van der Waals surface area contributed by atoms with E-state index in [1.54, 1.807) is 4.90 Å². The Morgan fingerprint density at radius 2 is 1.88 bits per heavy atom. The van der Waals surface area contributed by atoms with E-state index in [-0.39, 0.29) is 11.9 Å². The first-order chi connectivity index (χ1) is 11.6. The first-order valence-electron chi connectivity index (χ1n) is 8.53. The molecule has 0 atom stereocenters. The predicted molar refractivity (Wildman–Crippen MR) is 93.3 cm³/mol. The summed E-state index contributed by atoms with van der Waals surface area (Å²) in [5, 5.41) is 3.54. The summed E-state index contributed by atoms with van der Waals surface area (Å²) in [5.74, 6) is 0.370. The van der Waals surface area contributed by atoms with E-state index in [4.69, 9.17) is 0 Å². The molecule has 0 spiro atoms. The van der Waals surface area contributed by atoms with Crippen LogP contribution >= 0.6 is 0 Å². The van der Waals surface area contributed by atoms with Gasteiger partial charge in [-0.3, -0.25) is 15.0 Å². The number of fused-ring (bicyclic) bond motifs is 1. The molecule has 2 saturated heterocycles. The van der Waals surface area contributed by atoms with Gasteiger partial charge in [-0.2, -0.15) is 0 Å². The second-order valence-electron chi connectivity index (χ2n) is 6.83. The maximum Gasteiger partial charge on any atom is 0.328 e. The summed E-state index contributed by atoms with van der Waals surface area (Å²) in [6.07, 6.45) is 2.69. The number of rotatable bonds is 2. The number of H-pyrrole nitrogens is 1. The van der Waals surface area contributed by atoms with Gasteiger partial charge in [0, 0.05) is 35.8 Å². The summed E-state index contributed by atoms with van der Waals surface area (Å²) < 4.78 is 0. The van der Waals surface area contributed by atoms with Crippen LogP contribution in [0.2, 0.25) is 0 Å². The zero-order chi connectivity index (χ0) is 16.7. The van der Waals surface area contributed by atoms with E-state index in [2.05, 4.69) is 28.3 Å². The normalized spacial score (nSPS) is 20.6. The molecule has 1 aromatic carbocycles. The molecule has 4 rings (SSSR count). The zero-order valence-corrected chi connectivity index (χ0v) is 13.8. The van der Waals surface area contributed by atoms with Crippen LogP contribution in [0.5, 0.6) is 0 Å². The third-order valence-electron chi connectivity index (χ3n) is 5.15. The molecular weight excluding hydrogens is 304 g/mol. The minimum atomic E-state index is -0.340. The van der Waals surface area contributed by atoms with Gasteiger partial charge >= 0.3 is 6.03 Å². The minimum absolute atomic E-state index is 0.207. The maximum absolute atomic E-state index is 12.0. The van der Waals surface area contributed by atoms with E-state index in [0.717, 1.165) is 24.3 Å². The largest absolute Gasteiger partial charge is 0.358 e. The topological polar surface area (TPSA) is 68.4 Å². The Kier molecular flexibility index (Phi) is 3.76. The Bertz CT molecular complexity index is 789. The van der Waals surface area contributed by atoms with Gasteiger partial charge in [0.25, 0.3) is 0 Å². The molecule has 3 amide bonds. The molecular formula is C18H22N4O2. The highest BCUT2D eigenvalue weighted by atomic mass is 16.2. The molecule has 6 heteroatoms. The molecule has 1 aromatic heterocycles. The molecule has 0 unspecified atom stereocenters. The van der Waals surface area contributed by atoms with Gasteiger partial charge in [-0.15, -0.1) is 0 Å². The SMILES string of the molecule is CN1CCC(c2cc3ccc(N4CCC(=O)NC4=O)cc3[nH]2)CC1. The van der Waals surface area contributed by atoms with Crippen molar-refractivity contribution in [2.75, 3.05) is 31.6 Å². The van der Waals surface area contributed by atoms with Crippen molar-refractivity contribution in [3.05, 3.63) is 30.0 Å². The van der Waals surface area contributed by atoms with Gasteiger partial charge in [0.15, 0.2) is 0 Å². The third kappa shape index (κ3) is 2.78. The fraction of sp³-hybridized carbons (Fsp3) is 0.444. The number of piperidine rings is 1. The van der Waals surface area contributed by atoms with Gasteiger partial charge in [0.05, 0.1) is 0 Å². The number of hydrogen-bond donors (Lipinski definition) is 2. The number of urea groups is 1. The minimum Gasteiger partial charge on any atom is -0.358 e. The number of likely N-dealkylation sites (tertiary alicyclic amines) is 1. The van der Waals surface area contributed by atoms with E-state index >= 15 is 0 Å². The lowest BCUT2D eigenvalue weighted by atomic mass is 9.94. The monoisotopic (exact) mass is 326 g/mol. The van der Waals surface area contributed by atoms with Crippen LogP contribution in [0, 0.1) is 0 Å². The number of amides is 3. The van der Waals surface area contributed by atoms with Gasteiger partial charge in [-0.25, -0.2) is 4.79 Å². The smallest absolute Gasteiger partial charge is 0.328 e. The summed E-state index contributed by atoms with van der Waals surface area (Å²) in [7, 11) is 2.17. The van der Waals surface area contributed by atoms with E-state index in [0.29, 0.717) is 18.9 Å². The number of aromatic amines is 1. The molecule has 3 heterocycles. The average Bonchev–Trinajstić information content (AvgIpc) is 2.98. The average molecular weight is 326 g/mol. The maximum atomic E-state index is 12.0. The highest BCUT2D eigenvalue weighted by Gasteiger charge is 2.25. The molecule has 6 nitrogen and oxygen atoms in total. The molecule has 0 radical (unpaired) electrons. The fourth-order valence-corrected chi connectivity index (χ4v) is 3.66. The zero-order valence-electron chi connectivity index (χ0n) is 13.8. The highest BCUT2D eigenvalue weighted by molar-refractivity contribution is 6.06. The Morgan fingerprint density at radius 3 is 2.62 bits per heavy atom. The number of benzene rings is 1. The van der Waals surface area contributed by atoms with Gasteiger partial charge in [-0.05, 0) is 56.6 Å². The summed E-state index contributed by atoms with van der Waals surface area (Å²) in [4.78, 5) is 30.8. The number of hydrogen-bond acceptors (Lipinski definition) is 3. The van der Waals surface area contributed by atoms with Crippen LogP contribution in [0.4, 0.5) is 10.5 Å². The number of anilines is 1. The van der Waals surface area contributed by atoms with Crippen molar-refractivity contribution in [1.29, 1.82) is 0 Å². The molecule has 24 heavy (non-hydrogen) atoms. The van der Waals surface area contributed by atoms with Crippen LogP contribution in [0.1, 0.15) is 30.9 Å². The number of carbonyl (C=O) groups is 2. The van der Waals surface area contributed by atoms with E-state index in [1.807, 2.05) is 18.2 Å². The molecule has 2 aliphatic heterocycles. The summed E-state index contributed by atoms with van der Waals surface area (Å²) in [5.41, 5.74) is 3.16. The first-order valence-corrected chi connectivity index (χ1v) is 8.53. The molecule has 0 aliphatic carbocycles. The summed E-state index contributed by atoms with van der Waals surface area (Å²) >= 11 is 0. The second-order valence-corrected chi connectivity index (χ2v) is 6.83. The van der Waals surface area contributed by atoms with Crippen LogP contribution in [0.15, 0.2) is 24.3 Å². The Balaban J connectivity index is 1.59. The van der Waals surface area contributed by atoms with Crippen molar-refractivity contribution in [2.24, 2.45) is 0 Å². The standard InChI is InChI=1S/C18H22N4O2/c1-21-7-4-12(5-8-21)15-10-13-2-3-14(11-16(13)19-15)22-9-6-17(23)20-18(22)24/h2-3,10-12,19H,4-9H2,1H3,(H,20,23,24). The Labute approximate surface area is 140 Å². The summed E-state index contributed by atoms with van der Waals surface area (Å²) in [6, 6.07) is 7.89. The van der Waals surface area contributed by atoms with Gasteiger partial charge in [-0.1, -0.05) is 6.07 Å². The molecule has 2 aliphatic rings. The highest BCUT2D eigenvalue weighted by Crippen LogP contribution is 2.31. The van der Waals surface area contributed by atoms with Gasteiger partial charge in [0.1, 0.15) is 0 Å². The number of carbonyl (C=O) groups excluding carboxylic acids is 2. The van der Waals surface area contributed by atoms with E-state index < -0.39 is 0 Å². The van der Waals surface area contributed by atoms with Crippen LogP contribution < -0.4 is 10.2 Å². The van der Waals surface area contributed by atoms with Crippen molar-refractivity contribution in [3.8, 4) is 0 Å². The van der Waals surface area contributed by atoms with Crippen LogP contribution in [-0.4, -0.2) is 48.5 Å². The van der Waals surface area contributed by atoms with Gasteiger partial charge in [0.2, 0.25) is 5.91 Å². The number of nitrogens with zero attached hydrogens (tertiary/aromatic N) is 2. The van der Waals surface area contributed by atoms with E-state index in [9.17, 15) is 9.59 Å². The quantitative estimate of drug-likeness (QED) is 0.890. The third-order valence-corrected chi connectivity index (χ3v) is 5.15. The lowest BCUT2D eigenvalue weighted by Crippen LogP contribution is -2.49. The molecule has 2 aromatic rings. The number of nitrogens with one attached hydrogen (secondary N) is 2. The van der Waals surface area contributed by atoms with Crippen LogP contribution in [0.25, 0.3) is 10.9 Å². The lowest BCUT2D eigenvalue weighted by Gasteiger charge is -2.28. The predicted octanol–water partition coefficient (Wildman–Crippen LogP) is 2.42. The lowest BCUT2D eigenvalue weighted by molar-refractivity contribution is -0.120. The second kappa shape index (κ2) is 5.94. The number of aromatic nitrogens is 1. The van der Waals surface area contributed by atoms with Crippen molar-refractivity contribution in [2.45, 2.75) is 25.2 Å². The molecule has 2 fully saturated rings. The van der Waals surface area contributed by atoms with E-state index in [1.165, 1.54) is 23.9 Å². The van der Waals surface area contributed by atoms with Crippen molar-refractivity contribution in [1.82, 2.24) is 15.2 Å². The van der Waals surface area contributed by atoms with Crippen molar-refractivity contribution in [3.63, 3.8) is 0 Å². The van der Waals surface area contributed by atoms with Crippen molar-refractivity contribution < 1.29 is 9.59 Å². The molecule has 0 saturated carbocycles. The fourth-order valence-electron chi connectivity index (χ4n) is 3.66.